The van der Waals surface area contributed by atoms with Crippen LogP contribution in [0.3, 0.4) is 0 Å². The molecule has 2 heteroatoms. The lowest BCUT2D eigenvalue weighted by Gasteiger charge is -2.22. The summed E-state index contributed by atoms with van der Waals surface area (Å²) in [7, 11) is 1.94. The second-order valence-corrected chi connectivity index (χ2v) is 3.85. The quantitative estimate of drug-likeness (QED) is 0.659. The maximum absolute atomic E-state index is 5.76. The topological polar surface area (TPSA) is 21.3 Å². The fourth-order valence-electron chi connectivity index (χ4n) is 1.77. The zero-order valence-corrected chi connectivity index (χ0v) is 8.64. The van der Waals surface area contributed by atoms with Crippen LogP contribution in [0.25, 0.3) is 0 Å². The summed E-state index contributed by atoms with van der Waals surface area (Å²) < 4.78 is 5.76. The van der Waals surface area contributed by atoms with Gasteiger partial charge in [0.25, 0.3) is 0 Å². The minimum atomic E-state index is 0.502. The first-order chi connectivity index (χ1) is 6.33. The Balaban J connectivity index is 2.06. The highest BCUT2D eigenvalue weighted by Crippen LogP contribution is 2.20. The third kappa shape index (κ3) is 4.44. The van der Waals surface area contributed by atoms with Gasteiger partial charge in [-0.1, -0.05) is 25.8 Å². The molecule has 1 rings (SSSR count). The van der Waals surface area contributed by atoms with Gasteiger partial charge < -0.3 is 10.1 Å². The first-order valence-corrected chi connectivity index (χ1v) is 5.26. The fourth-order valence-corrected chi connectivity index (χ4v) is 1.77. The summed E-state index contributed by atoms with van der Waals surface area (Å²) in [6.07, 6.45) is 7.05. The Kier molecular flexibility index (Phi) is 5.09. The minimum absolute atomic E-state index is 0.502. The van der Waals surface area contributed by atoms with Crippen molar-refractivity contribution in [3.8, 4) is 0 Å². The van der Waals surface area contributed by atoms with E-state index in [1.165, 1.54) is 32.1 Å². The van der Waals surface area contributed by atoms with Gasteiger partial charge in [0, 0.05) is 6.54 Å². The van der Waals surface area contributed by atoms with Crippen LogP contribution in [0.1, 0.15) is 32.1 Å². The van der Waals surface area contributed by atoms with E-state index in [0.29, 0.717) is 6.10 Å². The van der Waals surface area contributed by atoms with E-state index < -0.39 is 0 Å². The zero-order chi connectivity index (χ0) is 9.52. The molecule has 0 unspecified atom stereocenters. The molecule has 0 heterocycles. The molecule has 0 amide bonds. The van der Waals surface area contributed by atoms with E-state index in [1.54, 1.807) is 0 Å². The van der Waals surface area contributed by atoms with Gasteiger partial charge in [-0.15, -0.1) is 0 Å². The Morgan fingerprint density at radius 3 is 2.69 bits per heavy atom. The standard InChI is InChI=1S/C11H21NO/c1-10(8-12-2)9-13-11-6-4-3-5-7-11/h11-12H,1,3-9H2,2H3. The predicted molar refractivity (Wildman–Crippen MR) is 55.9 cm³/mol. The lowest BCUT2D eigenvalue weighted by atomic mass is 9.98. The van der Waals surface area contributed by atoms with Crippen LogP contribution in [-0.2, 0) is 4.74 Å². The van der Waals surface area contributed by atoms with Crippen LogP contribution in [-0.4, -0.2) is 26.3 Å². The minimum Gasteiger partial charge on any atom is -0.374 e. The molecule has 0 aromatic carbocycles. The monoisotopic (exact) mass is 183 g/mol. The normalized spacial score (nSPS) is 18.8. The fraction of sp³-hybridized carbons (Fsp3) is 0.818. The van der Waals surface area contributed by atoms with Crippen molar-refractivity contribution in [3.63, 3.8) is 0 Å². The van der Waals surface area contributed by atoms with E-state index >= 15 is 0 Å². The number of hydrogen-bond acceptors (Lipinski definition) is 2. The number of ether oxygens (including phenoxy) is 1. The summed E-state index contributed by atoms with van der Waals surface area (Å²) in [4.78, 5) is 0. The second-order valence-electron chi connectivity index (χ2n) is 3.85. The molecule has 0 atom stereocenters. The van der Waals surface area contributed by atoms with Crippen molar-refractivity contribution in [1.82, 2.24) is 5.32 Å². The number of hydrogen-bond donors (Lipinski definition) is 1. The van der Waals surface area contributed by atoms with Crippen LogP contribution >= 0.6 is 0 Å². The van der Waals surface area contributed by atoms with Crippen molar-refractivity contribution in [2.75, 3.05) is 20.2 Å². The van der Waals surface area contributed by atoms with Gasteiger partial charge in [0.15, 0.2) is 0 Å². The summed E-state index contributed by atoms with van der Waals surface area (Å²) in [6.45, 7) is 5.54. The number of likely N-dealkylation sites (N-methyl/N-ethyl adjacent to an activating group) is 1. The van der Waals surface area contributed by atoms with Gasteiger partial charge >= 0.3 is 0 Å². The first kappa shape index (κ1) is 10.7. The third-order valence-electron chi connectivity index (χ3n) is 2.50. The summed E-state index contributed by atoms with van der Waals surface area (Å²) in [6, 6.07) is 0. The Morgan fingerprint density at radius 2 is 2.08 bits per heavy atom. The zero-order valence-electron chi connectivity index (χ0n) is 8.64. The van der Waals surface area contributed by atoms with Crippen molar-refractivity contribution < 1.29 is 4.74 Å². The maximum Gasteiger partial charge on any atom is 0.0690 e. The molecule has 0 bridgehead atoms. The largest absolute Gasteiger partial charge is 0.374 e. The summed E-state index contributed by atoms with van der Waals surface area (Å²) >= 11 is 0. The second kappa shape index (κ2) is 6.17. The lowest BCUT2D eigenvalue weighted by molar-refractivity contribution is 0.0422. The van der Waals surface area contributed by atoms with Crippen LogP contribution in [0.5, 0.6) is 0 Å². The van der Waals surface area contributed by atoms with E-state index in [2.05, 4.69) is 11.9 Å². The molecule has 0 spiro atoms. The van der Waals surface area contributed by atoms with Crippen LogP contribution in [0, 0.1) is 0 Å². The Hall–Kier alpha value is -0.340. The average molecular weight is 183 g/mol. The Labute approximate surface area is 81.4 Å². The summed E-state index contributed by atoms with van der Waals surface area (Å²) in [5.41, 5.74) is 1.15. The summed E-state index contributed by atoms with van der Waals surface area (Å²) in [5.74, 6) is 0. The molecule has 0 aromatic heterocycles. The molecule has 1 aliphatic rings. The molecule has 1 saturated carbocycles. The van der Waals surface area contributed by atoms with Crippen LogP contribution in [0.4, 0.5) is 0 Å². The highest BCUT2D eigenvalue weighted by molar-refractivity contribution is 4.96. The summed E-state index contributed by atoms with van der Waals surface area (Å²) in [5, 5.41) is 3.08. The van der Waals surface area contributed by atoms with Crippen LogP contribution in [0.2, 0.25) is 0 Å². The van der Waals surface area contributed by atoms with Crippen LogP contribution < -0.4 is 5.32 Å². The molecule has 0 saturated heterocycles. The van der Waals surface area contributed by atoms with Gasteiger partial charge in [0.05, 0.1) is 12.7 Å². The molecule has 76 valence electrons. The first-order valence-electron chi connectivity index (χ1n) is 5.26. The molecule has 2 nitrogen and oxygen atoms in total. The lowest BCUT2D eigenvalue weighted by Crippen LogP contribution is -2.20. The van der Waals surface area contributed by atoms with Gasteiger partial charge in [-0.05, 0) is 25.5 Å². The van der Waals surface area contributed by atoms with Gasteiger partial charge in [0.1, 0.15) is 0 Å². The van der Waals surface area contributed by atoms with Crippen LogP contribution in [0.15, 0.2) is 12.2 Å². The third-order valence-corrected chi connectivity index (χ3v) is 2.50. The van der Waals surface area contributed by atoms with Crippen molar-refractivity contribution >= 4 is 0 Å². The molecular formula is C11H21NO. The van der Waals surface area contributed by atoms with E-state index in [9.17, 15) is 0 Å². The SMILES string of the molecule is C=C(CNC)COC1CCCCC1. The van der Waals surface area contributed by atoms with Crippen molar-refractivity contribution in [3.05, 3.63) is 12.2 Å². The molecule has 0 radical (unpaired) electrons. The van der Waals surface area contributed by atoms with Gasteiger partial charge in [0.2, 0.25) is 0 Å². The van der Waals surface area contributed by atoms with E-state index in [0.717, 1.165) is 18.7 Å². The molecule has 13 heavy (non-hydrogen) atoms. The maximum atomic E-state index is 5.76. The highest BCUT2D eigenvalue weighted by Gasteiger charge is 2.13. The smallest absolute Gasteiger partial charge is 0.0690 e. The predicted octanol–water partition coefficient (Wildman–Crippen LogP) is 2.11. The van der Waals surface area contributed by atoms with Crippen molar-refractivity contribution in [2.45, 2.75) is 38.2 Å². The molecule has 1 fully saturated rings. The van der Waals surface area contributed by atoms with E-state index in [4.69, 9.17) is 4.74 Å². The number of nitrogens with one attached hydrogen (secondary N) is 1. The molecule has 1 aliphatic carbocycles. The average Bonchev–Trinajstić information content (AvgIpc) is 2.17. The van der Waals surface area contributed by atoms with Gasteiger partial charge in [-0.3, -0.25) is 0 Å². The Morgan fingerprint density at radius 1 is 1.38 bits per heavy atom. The molecule has 1 N–H and O–H groups in total. The van der Waals surface area contributed by atoms with E-state index in [-0.39, 0.29) is 0 Å². The van der Waals surface area contributed by atoms with Gasteiger partial charge in [-0.25, -0.2) is 0 Å². The highest BCUT2D eigenvalue weighted by atomic mass is 16.5. The Bertz CT molecular complexity index is 150. The molecular weight excluding hydrogens is 162 g/mol. The number of rotatable bonds is 5. The van der Waals surface area contributed by atoms with Gasteiger partial charge in [-0.2, -0.15) is 0 Å². The molecule has 0 aromatic rings. The van der Waals surface area contributed by atoms with Crippen molar-refractivity contribution in [2.24, 2.45) is 0 Å². The molecule has 0 aliphatic heterocycles. The van der Waals surface area contributed by atoms with Crippen molar-refractivity contribution in [1.29, 1.82) is 0 Å². The van der Waals surface area contributed by atoms with E-state index in [1.807, 2.05) is 7.05 Å².